The largest absolute Gasteiger partial charge is 0.314 e. The van der Waals surface area contributed by atoms with Crippen LogP contribution in [0.4, 0.5) is 0 Å². The van der Waals surface area contributed by atoms with Crippen LogP contribution in [0.1, 0.15) is 32.6 Å². The van der Waals surface area contributed by atoms with Gasteiger partial charge >= 0.3 is 0 Å². The molecule has 1 aliphatic carbocycles. The van der Waals surface area contributed by atoms with E-state index in [1.165, 1.54) is 43.7 Å². The number of nitrogens with one attached hydrogen (secondary N) is 1. The monoisotopic (exact) mass is 199 g/mol. The second kappa shape index (κ2) is 4.70. The van der Waals surface area contributed by atoms with E-state index in [4.69, 9.17) is 0 Å². The van der Waals surface area contributed by atoms with Gasteiger partial charge < -0.3 is 5.32 Å². The molecule has 2 aliphatic rings. The molecule has 0 bridgehead atoms. The van der Waals surface area contributed by atoms with Crippen LogP contribution in [0.25, 0.3) is 0 Å². The zero-order valence-corrected chi connectivity index (χ0v) is 9.41. The van der Waals surface area contributed by atoms with Crippen molar-refractivity contribution in [2.75, 3.05) is 18.1 Å². The third-order valence-electron chi connectivity index (χ3n) is 3.61. The highest BCUT2D eigenvalue weighted by atomic mass is 32.2. The molecule has 76 valence electrons. The summed E-state index contributed by atoms with van der Waals surface area (Å²) in [5.74, 6) is 4.75. The first-order valence-electron chi connectivity index (χ1n) is 5.67. The smallest absolute Gasteiger partial charge is 0.00671 e. The summed E-state index contributed by atoms with van der Waals surface area (Å²) in [5.41, 5.74) is 0. The van der Waals surface area contributed by atoms with E-state index < -0.39 is 0 Å². The van der Waals surface area contributed by atoms with Crippen molar-refractivity contribution in [2.45, 2.75) is 38.6 Å². The summed E-state index contributed by atoms with van der Waals surface area (Å²) in [7, 11) is 0. The second-order valence-electron chi connectivity index (χ2n) is 4.62. The molecule has 1 saturated heterocycles. The van der Waals surface area contributed by atoms with Crippen LogP contribution in [-0.4, -0.2) is 24.1 Å². The average Bonchev–Trinajstić information content (AvgIpc) is 2.49. The summed E-state index contributed by atoms with van der Waals surface area (Å²) in [4.78, 5) is 0. The second-order valence-corrected chi connectivity index (χ2v) is 5.77. The average molecular weight is 199 g/mol. The molecule has 0 spiro atoms. The van der Waals surface area contributed by atoms with E-state index >= 15 is 0 Å². The van der Waals surface area contributed by atoms with E-state index in [2.05, 4.69) is 24.0 Å². The predicted molar refractivity (Wildman–Crippen MR) is 60.2 cm³/mol. The number of hydrogen-bond donors (Lipinski definition) is 1. The molecule has 2 unspecified atom stereocenters. The first-order valence-corrected chi connectivity index (χ1v) is 6.83. The van der Waals surface area contributed by atoms with Crippen molar-refractivity contribution in [3.8, 4) is 0 Å². The highest BCUT2D eigenvalue weighted by Crippen LogP contribution is 2.30. The molecule has 0 radical (unpaired) electrons. The molecular weight excluding hydrogens is 178 g/mol. The van der Waals surface area contributed by atoms with Gasteiger partial charge in [0, 0.05) is 6.04 Å². The molecule has 0 aromatic carbocycles. The molecule has 2 atom stereocenters. The topological polar surface area (TPSA) is 12.0 Å². The third-order valence-corrected chi connectivity index (χ3v) is 4.84. The summed E-state index contributed by atoms with van der Waals surface area (Å²) >= 11 is 2.12. The molecule has 1 N–H and O–H groups in total. The van der Waals surface area contributed by atoms with Crippen molar-refractivity contribution in [2.24, 2.45) is 11.8 Å². The van der Waals surface area contributed by atoms with Crippen LogP contribution in [0.5, 0.6) is 0 Å². The maximum Gasteiger partial charge on any atom is 0.00671 e. The molecule has 2 fully saturated rings. The lowest BCUT2D eigenvalue weighted by atomic mass is 9.80. The molecule has 1 heterocycles. The third kappa shape index (κ3) is 2.63. The molecule has 1 nitrogen and oxygen atoms in total. The molecule has 2 rings (SSSR count). The van der Waals surface area contributed by atoms with Gasteiger partial charge in [0.25, 0.3) is 0 Å². The van der Waals surface area contributed by atoms with Crippen molar-refractivity contribution in [3.63, 3.8) is 0 Å². The number of hydrogen-bond acceptors (Lipinski definition) is 2. The van der Waals surface area contributed by atoms with E-state index in [1.54, 1.807) is 0 Å². The van der Waals surface area contributed by atoms with Gasteiger partial charge in [0.2, 0.25) is 0 Å². The van der Waals surface area contributed by atoms with Gasteiger partial charge in [-0.05, 0) is 56.1 Å². The standard InChI is InChI=1S/C11H21NS/c1-9(11-3-2-4-11)12-7-10-5-6-13-8-10/h9-12H,2-8H2,1H3. The summed E-state index contributed by atoms with van der Waals surface area (Å²) in [6, 6.07) is 0.777. The lowest BCUT2D eigenvalue weighted by Crippen LogP contribution is -2.39. The highest BCUT2D eigenvalue weighted by Gasteiger charge is 2.24. The molecule has 0 aromatic heterocycles. The Labute approximate surface area is 86.0 Å². The molecule has 13 heavy (non-hydrogen) atoms. The van der Waals surface area contributed by atoms with Gasteiger partial charge in [-0.1, -0.05) is 6.42 Å². The SMILES string of the molecule is CC(NCC1CCSC1)C1CCC1. The molecule has 1 saturated carbocycles. The Morgan fingerprint density at radius 1 is 1.38 bits per heavy atom. The Kier molecular flexibility index (Phi) is 3.56. The predicted octanol–water partition coefficient (Wildman–Crippen LogP) is 2.52. The number of rotatable bonds is 4. The zero-order valence-electron chi connectivity index (χ0n) is 8.59. The first kappa shape index (κ1) is 9.85. The van der Waals surface area contributed by atoms with Crippen molar-refractivity contribution in [3.05, 3.63) is 0 Å². The minimum absolute atomic E-state index is 0.777. The van der Waals surface area contributed by atoms with Crippen LogP contribution in [0.15, 0.2) is 0 Å². The zero-order chi connectivity index (χ0) is 9.10. The van der Waals surface area contributed by atoms with Gasteiger partial charge in [0.05, 0.1) is 0 Å². The minimum atomic E-state index is 0.777. The van der Waals surface area contributed by atoms with Crippen LogP contribution in [0.3, 0.4) is 0 Å². The van der Waals surface area contributed by atoms with Gasteiger partial charge in [0.15, 0.2) is 0 Å². The molecule has 0 amide bonds. The number of thioether (sulfide) groups is 1. The Morgan fingerprint density at radius 2 is 2.23 bits per heavy atom. The summed E-state index contributed by atoms with van der Waals surface area (Å²) < 4.78 is 0. The summed E-state index contributed by atoms with van der Waals surface area (Å²) in [5, 5.41) is 3.71. The van der Waals surface area contributed by atoms with Crippen molar-refractivity contribution >= 4 is 11.8 Å². The minimum Gasteiger partial charge on any atom is -0.314 e. The molecule has 2 heteroatoms. The van der Waals surface area contributed by atoms with Gasteiger partial charge in [-0.25, -0.2) is 0 Å². The fraction of sp³-hybridized carbons (Fsp3) is 1.00. The summed E-state index contributed by atoms with van der Waals surface area (Å²) in [6.45, 7) is 3.64. The van der Waals surface area contributed by atoms with E-state index in [0.717, 1.165) is 17.9 Å². The van der Waals surface area contributed by atoms with Gasteiger partial charge in [-0.3, -0.25) is 0 Å². The maximum absolute atomic E-state index is 3.71. The Bertz CT molecular complexity index is 150. The van der Waals surface area contributed by atoms with Crippen LogP contribution in [-0.2, 0) is 0 Å². The Balaban J connectivity index is 1.60. The lowest BCUT2D eigenvalue weighted by molar-refractivity contribution is 0.235. The quantitative estimate of drug-likeness (QED) is 0.746. The van der Waals surface area contributed by atoms with Gasteiger partial charge in [-0.15, -0.1) is 0 Å². The van der Waals surface area contributed by atoms with Gasteiger partial charge in [-0.2, -0.15) is 11.8 Å². The normalized spacial score (nSPS) is 31.6. The van der Waals surface area contributed by atoms with E-state index in [9.17, 15) is 0 Å². The molecular formula is C11H21NS. The van der Waals surface area contributed by atoms with Crippen molar-refractivity contribution in [1.29, 1.82) is 0 Å². The fourth-order valence-corrected chi connectivity index (χ4v) is 3.49. The summed E-state index contributed by atoms with van der Waals surface area (Å²) in [6.07, 6.45) is 5.84. The van der Waals surface area contributed by atoms with Gasteiger partial charge in [0.1, 0.15) is 0 Å². The van der Waals surface area contributed by atoms with E-state index in [-0.39, 0.29) is 0 Å². The van der Waals surface area contributed by atoms with Crippen molar-refractivity contribution in [1.82, 2.24) is 5.32 Å². The fourth-order valence-electron chi connectivity index (χ4n) is 2.20. The highest BCUT2D eigenvalue weighted by molar-refractivity contribution is 7.99. The molecule has 1 aliphatic heterocycles. The van der Waals surface area contributed by atoms with Crippen LogP contribution in [0.2, 0.25) is 0 Å². The Morgan fingerprint density at radius 3 is 2.77 bits per heavy atom. The first-order chi connectivity index (χ1) is 6.36. The van der Waals surface area contributed by atoms with E-state index in [1.807, 2.05) is 0 Å². The Hall–Kier alpha value is 0.310. The molecule has 0 aromatic rings. The van der Waals surface area contributed by atoms with E-state index in [0.29, 0.717) is 0 Å². The van der Waals surface area contributed by atoms with Crippen molar-refractivity contribution < 1.29 is 0 Å². The lowest BCUT2D eigenvalue weighted by Gasteiger charge is -2.32. The van der Waals surface area contributed by atoms with Crippen LogP contribution >= 0.6 is 11.8 Å². The maximum atomic E-state index is 3.71. The van der Waals surface area contributed by atoms with Crippen LogP contribution in [0, 0.1) is 11.8 Å². The van der Waals surface area contributed by atoms with Crippen LogP contribution < -0.4 is 5.32 Å².